The third kappa shape index (κ3) is 2.42. The van der Waals surface area contributed by atoms with E-state index in [4.69, 9.17) is 0 Å². The fourth-order valence-corrected chi connectivity index (χ4v) is 3.51. The van der Waals surface area contributed by atoms with Crippen molar-refractivity contribution < 1.29 is 14.3 Å². The Morgan fingerprint density at radius 2 is 1.86 bits per heavy atom. The number of phenols is 1. The van der Waals surface area contributed by atoms with Crippen molar-refractivity contribution in [3.63, 3.8) is 0 Å². The van der Waals surface area contributed by atoms with Crippen LogP contribution in [0.4, 0.5) is 10.1 Å². The smallest absolute Gasteiger partial charge is 0.179 e. The third-order valence-corrected chi connectivity index (χ3v) is 4.67. The minimum Gasteiger partial charge on any atom is -0.506 e. The fraction of sp³-hybridized carbons (Fsp3) is 0.0667. The van der Waals surface area contributed by atoms with E-state index in [0.717, 1.165) is 0 Å². The zero-order valence-electron chi connectivity index (χ0n) is 10.5. The van der Waals surface area contributed by atoms with Crippen molar-refractivity contribution in [2.45, 2.75) is 5.92 Å². The molecule has 1 unspecified atom stereocenters. The van der Waals surface area contributed by atoms with Gasteiger partial charge in [0.1, 0.15) is 11.6 Å². The van der Waals surface area contributed by atoms with Gasteiger partial charge in [-0.25, -0.2) is 4.39 Å². The maximum atomic E-state index is 13.0. The molecule has 21 heavy (non-hydrogen) atoms. The average molecular weight is 413 g/mol. The number of Topliss-reactive ketones (excluding diaryl/α,β-unsaturated/α-hetero) is 1. The molecule has 0 bridgehead atoms. The molecule has 0 saturated heterocycles. The van der Waals surface area contributed by atoms with Crippen LogP contribution in [0.3, 0.4) is 0 Å². The molecule has 0 spiro atoms. The summed E-state index contributed by atoms with van der Waals surface area (Å²) >= 11 is 6.44. The summed E-state index contributed by atoms with van der Waals surface area (Å²) < 4.78 is 13.8. The number of hydrogen-bond donors (Lipinski definition) is 1. The summed E-state index contributed by atoms with van der Waals surface area (Å²) in [6.07, 6.45) is 1.54. The van der Waals surface area contributed by atoms with Crippen molar-refractivity contribution in [2.24, 2.45) is 4.99 Å². The van der Waals surface area contributed by atoms with Crippen LogP contribution < -0.4 is 0 Å². The molecule has 0 aliphatic carbocycles. The van der Waals surface area contributed by atoms with E-state index in [1.807, 2.05) is 0 Å². The maximum absolute atomic E-state index is 13.0. The van der Waals surface area contributed by atoms with Crippen LogP contribution in [-0.4, -0.2) is 17.1 Å². The van der Waals surface area contributed by atoms with Gasteiger partial charge in [-0.3, -0.25) is 9.79 Å². The Morgan fingerprint density at radius 3 is 2.52 bits per heavy atom. The number of aliphatic imine (C=N–C) groups is 1. The first kappa shape index (κ1) is 14.4. The first-order valence-corrected chi connectivity index (χ1v) is 7.62. The van der Waals surface area contributed by atoms with E-state index in [2.05, 4.69) is 36.9 Å². The maximum Gasteiger partial charge on any atom is 0.179 e. The summed E-state index contributed by atoms with van der Waals surface area (Å²) in [5, 5.41) is 9.93. The fourth-order valence-electron chi connectivity index (χ4n) is 2.22. The van der Waals surface area contributed by atoms with Crippen LogP contribution in [-0.2, 0) is 0 Å². The Bertz CT molecular complexity index is 772. The second kappa shape index (κ2) is 5.35. The summed E-state index contributed by atoms with van der Waals surface area (Å²) in [4.78, 5) is 16.9. The van der Waals surface area contributed by atoms with E-state index in [1.165, 1.54) is 18.3 Å². The van der Waals surface area contributed by atoms with E-state index in [1.54, 1.807) is 18.2 Å². The highest BCUT2D eigenvalue weighted by Gasteiger charge is 2.30. The molecule has 1 aliphatic heterocycles. The normalized spacial score (nSPS) is 16.9. The predicted molar refractivity (Wildman–Crippen MR) is 85.1 cm³/mol. The average Bonchev–Trinajstić information content (AvgIpc) is 2.46. The van der Waals surface area contributed by atoms with Crippen LogP contribution in [0.1, 0.15) is 21.8 Å². The number of hydrogen-bond acceptors (Lipinski definition) is 3. The number of ketones is 1. The molecule has 0 fully saturated rings. The molecule has 0 amide bonds. The molecule has 106 valence electrons. The quantitative estimate of drug-likeness (QED) is 0.735. The van der Waals surface area contributed by atoms with Gasteiger partial charge in [-0.05, 0) is 55.6 Å². The van der Waals surface area contributed by atoms with Crippen molar-refractivity contribution in [3.8, 4) is 5.75 Å². The van der Waals surface area contributed by atoms with Crippen LogP contribution in [0.25, 0.3) is 0 Å². The summed E-state index contributed by atoms with van der Waals surface area (Å²) in [5.74, 6) is -1.18. The second-order valence-corrected chi connectivity index (χ2v) is 6.23. The Hall–Kier alpha value is -1.53. The standard InChI is InChI=1S/C15H8Br2FNO2/c16-10-5-11-12(13(17)15(10)21)14(20)9(6-19-11)7-1-3-8(18)4-2-7/h1-6,9,21H. The summed E-state index contributed by atoms with van der Waals surface area (Å²) in [6.45, 7) is 0. The van der Waals surface area contributed by atoms with E-state index < -0.39 is 5.92 Å². The number of carbonyl (C=O) groups excluding carboxylic acids is 1. The Labute approximate surface area is 136 Å². The molecule has 2 aromatic carbocycles. The molecule has 6 heteroatoms. The summed E-state index contributed by atoms with van der Waals surface area (Å²) in [6, 6.07) is 7.31. The number of nitrogens with zero attached hydrogens (tertiary/aromatic N) is 1. The van der Waals surface area contributed by atoms with Crippen molar-refractivity contribution >= 4 is 49.5 Å². The lowest BCUT2D eigenvalue weighted by Crippen LogP contribution is -2.18. The minimum absolute atomic E-state index is 0.0444. The lowest BCUT2D eigenvalue weighted by Gasteiger charge is -2.20. The van der Waals surface area contributed by atoms with Crippen LogP contribution in [0.5, 0.6) is 5.75 Å². The summed E-state index contributed by atoms with van der Waals surface area (Å²) in [5.41, 5.74) is 1.47. The number of rotatable bonds is 1. The van der Waals surface area contributed by atoms with E-state index in [-0.39, 0.29) is 17.3 Å². The molecule has 0 aromatic heterocycles. The monoisotopic (exact) mass is 411 g/mol. The molecular weight excluding hydrogens is 405 g/mol. The van der Waals surface area contributed by atoms with Crippen molar-refractivity contribution in [2.75, 3.05) is 0 Å². The van der Waals surface area contributed by atoms with E-state index >= 15 is 0 Å². The molecule has 1 atom stereocenters. The highest BCUT2D eigenvalue weighted by molar-refractivity contribution is 9.11. The van der Waals surface area contributed by atoms with Gasteiger partial charge in [-0.1, -0.05) is 12.1 Å². The largest absolute Gasteiger partial charge is 0.506 e. The van der Waals surface area contributed by atoms with Gasteiger partial charge in [-0.2, -0.15) is 0 Å². The molecule has 3 nitrogen and oxygen atoms in total. The highest BCUT2D eigenvalue weighted by atomic mass is 79.9. The molecular formula is C15H8Br2FNO2. The van der Waals surface area contributed by atoms with E-state index in [0.29, 0.717) is 25.8 Å². The molecule has 0 saturated carbocycles. The number of benzene rings is 2. The molecule has 1 N–H and O–H groups in total. The van der Waals surface area contributed by atoms with Gasteiger partial charge < -0.3 is 5.11 Å². The van der Waals surface area contributed by atoms with Crippen LogP contribution in [0.15, 0.2) is 44.3 Å². The second-order valence-electron chi connectivity index (χ2n) is 4.59. The number of carbonyl (C=O) groups is 1. The molecule has 3 rings (SSSR count). The van der Waals surface area contributed by atoms with Crippen LogP contribution >= 0.6 is 31.9 Å². The van der Waals surface area contributed by atoms with Gasteiger partial charge >= 0.3 is 0 Å². The zero-order chi connectivity index (χ0) is 15.1. The van der Waals surface area contributed by atoms with Gasteiger partial charge in [0.05, 0.1) is 26.1 Å². The first-order valence-electron chi connectivity index (χ1n) is 6.04. The van der Waals surface area contributed by atoms with Gasteiger partial charge in [0.15, 0.2) is 5.78 Å². The Kier molecular flexibility index (Phi) is 3.67. The van der Waals surface area contributed by atoms with Gasteiger partial charge in [0.2, 0.25) is 0 Å². The van der Waals surface area contributed by atoms with Gasteiger partial charge in [0, 0.05) is 6.21 Å². The van der Waals surface area contributed by atoms with E-state index in [9.17, 15) is 14.3 Å². The number of phenolic OH excluding ortho intramolecular Hbond substituents is 1. The topological polar surface area (TPSA) is 49.7 Å². The zero-order valence-corrected chi connectivity index (χ0v) is 13.7. The minimum atomic E-state index is -0.588. The Balaban J connectivity index is 2.11. The number of halogens is 3. The SMILES string of the molecule is O=C1c2c(cc(Br)c(O)c2Br)N=CC1c1ccc(F)cc1. The van der Waals surface area contributed by atoms with Crippen LogP contribution in [0.2, 0.25) is 0 Å². The van der Waals surface area contributed by atoms with Crippen molar-refractivity contribution in [1.29, 1.82) is 0 Å². The number of fused-ring (bicyclic) bond motifs is 1. The molecule has 1 heterocycles. The first-order chi connectivity index (χ1) is 9.99. The molecule has 1 aliphatic rings. The van der Waals surface area contributed by atoms with Crippen LogP contribution in [0, 0.1) is 5.82 Å². The lowest BCUT2D eigenvalue weighted by atomic mass is 9.89. The number of aromatic hydroxyl groups is 1. The molecule has 0 radical (unpaired) electrons. The van der Waals surface area contributed by atoms with Gasteiger partial charge in [0.25, 0.3) is 0 Å². The van der Waals surface area contributed by atoms with Crippen molar-refractivity contribution in [3.05, 3.63) is 56.2 Å². The Morgan fingerprint density at radius 1 is 1.19 bits per heavy atom. The highest BCUT2D eigenvalue weighted by Crippen LogP contribution is 2.44. The third-order valence-electron chi connectivity index (χ3n) is 3.29. The van der Waals surface area contributed by atoms with Crippen molar-refractivity contribution in [1.82, 2.24) is 0 Å². The molecule has 2 aromatic rings. The summed E-state index contributed by atoms with van der Waals surface area (Å²) in [7, 11) is 0. The van der Waals surface area contributed by atoms with Gasteiger partial charge in [-0.15, -0.1) is 0 Å². The predicted octanol–water partition coefficient (Wildman–Crippen LogP) is 4.74. The lowest BCUT2D eigenvalue weighted by molar-refractivity contribution is 0.0982.